The first-order valence-corrected chi connectivity index (χ1v) is 6.29. The maximum absolute atomic E-state index is 9.28. The van der Waals surface area contributed by atoms with Crippen molar-refractivity contribution < 1.29 is 9.84 Å². The SMILES string of the molecule is CCC(CO)Nc1nccc2c(OC)ccc(N)c12. The van der Waals surface area contributed by atoms with Gasteiger partial charge in [0, 0.05) is 17.3 Å². The number of nitrogens with zero attached hydrogens (tertiary/aromatic N) is 1. The number of aliphatic hydroxyl groups is 1. The maximum atomic E-state index is 9.28. The van der Waals surface area contributed by atoms with Crippen LogP contribution in [0.3, 0.4) is 0 Å². The van der Waals surface area contributed by atoms with E-state index in [-0.39, 0.29) is 12.6 Å². The molecule has 19 heavy (non-hydrogen) atoms. The summed E-state index contributed by atoms with van der Waals surface area (Å²) in [5, 5.41) is 14.2. The molecule has 5 nitrogen and oxygen atoms in total. The number of fused-ring (bicyclic) bond motifs is 1. The van der Waals surface area contributed by atoms with Gasteiger partial charge in [-0.25, -0.2) is 4.98 Å². The summed E-state index contributed by atoms with van der Waals surface area (Å²) in [5.74, 6) is 1.43. The third-order valence-electron chi connectivity index (χ3n) is 3.19. The van der Waals surface area contributed by atoms with E-state index in [9.17, 15) is 5.11 Å². The zero-order valence-corrected chi connectivity index (χ0v) is 11.2. The van der Waals surface area contributed by atoms with Crippen LogP contribution in [0.1, 0.15) is 13.3 Å². The van der Waals surface area contributed by atoms with E-state index in [1.54, 1.807) is 19.4 Å². The molecule has 2 rings (SSSR count). The van der Waals surface area contributed by atoms with E-state index in [1.165, 1.54) is 0 Å². The van der Waals surface area contributed by atoms with Crippen molar-refractivity contribution in [2.75, 3.05) is 24.8 Å². The molecule has 0 aliphatic heterocycles. The first-order valence-electron chi connectivity index (χ1n) is 6.29. The molecule has 1 unspecified atom stereocenters. The highest BCUT2D eigenvalue weighted by Gasteiger charge is 2.12. The highest BCUT2D eigenvalue weighted by molar-refractivity contribution is 6.03. The number of nitrogen functional groups attached to an aromatic ring is 1. The number of hydrogen-bond acceptors (Lipinski definition) is 5. The lowest BCUT2D eigenvalue weighted by molar-refractivity contribution is 0.271. The summed E-state index contributed by atoms with van der Waals surface area (Å²) in [5.41, 5.74) is 6.68. The Balaban J connectivity index is 2.55. The average Bonchev–Trinajstić information content (AvgIpc) is 2.45. The Hall–Kier alpha value is -2.01. The number of aliphatic hydroxyl groups excluding tert-OH is 1. The number of methoxy groups -OCH3 is 1. The van der Waals surface area contributed by atoms with Crippen molar-refractivity contribution >= 4 is 22.3 Å². The number of rotatable bonds is 5. The van der Waals surface area contributed by atoms with E-state index in [1.807, 2.05) is 19.1 Å². The molecular weight excluding hydrogens is 242 g/mol. The number of hydrogen-bond donors (Lipinski definition) is 3. The maximum Gasteiger partial charge on any atom is 0.136 e. The van der Waals surface area contributed by atoms with Gasteiger partial charge in [0.05, 0.1) is 25.1 Å². The van der Waals surface area contributed by atoms with Crippen LogP contribution in [-0.4, -0.2) is 29.8 Å². The number of nitrogens with two attached hydrogens (primary N) is 1. The Morgan fingerprint density at radius 1 is 1.42 bits per heavy atom. The lowest BCUT2D eigenvalue weighted by Crippen LogP contribution is -2.23. The minimum atomic E-state index is -0.0382. The monoisotopic (exact) mass is 261 g/mol. The van der Waals surface area contributed by atoms with Gasteiger partial charge in [-0.15, -0.1) is 0 Å². The summed E-state index contributed by atoms with van der Waals surface area (Å²) in [6.07, 6.45) is 2.51. The Kier molecular flexibility index (Phi) is 4.06. The molecule has 1 aromatic heterocycles. The standard InChI is InChI=1S/C14H19N3O2/c1-3-9(8-18)17-14-13-10(6-7-16-14)12(19-2)5-4-11(13)15/h4-7,9,18H,3,8,15H2,1-2H3,(H,16,17). The number of anilines is 2. The van der Waals surface area contributed by atoms with Crippen molar-refractivity contribution in [2.45, 2.75) is 19.4 Å². The molecule has 1 atom stereocenters. The Labute approximate surface area is 112 Å². The zero-order valence-electron chi connectivity index (χ0n) is 11.2. The molecule has 4 N–H and O–H groups in total. The smallest absolute Gasteiger partial charge is 0.136 e. The highest BCUT2D eigenvalue weighted by atomic mass is 16.5. The van der Waals surface area contributed by atoms with Crippen LogP contribution < -0.4 is 15.8 Å². The Bertz CT molecular complexity index is 568. The van der Waals surface area contributed by atoms with Crippen molar-refractivity contribution in [1.29, 1.82) is 0 Å². The van der Waals surface area contributed by atoms with Gasteiger partial charge >= 0.3 is 0 Å². The molecular formula is C14H19N3O2. The minimum absolute atomic E-state index is 0.0382. The van der Waals surface area contributed by atoms with E-state index < -0.39 is 0 Å². The predicted octanol–water partition coefficient (Wildman–Crippen LogP) is 2.01. The molecule has 0 radical (unpaired) electrons. The van der Waals surface area contributed by atoms with Gasteiger partial charge in [0.2, 0.25) is 0 Å². The molecule has 0 fully saturated rings. The summed E-state index contributed by atoms with van der Waals surface area (Å²) in [6.45, 7) is 2.06. The number of ether oxygens (including phenoxy) is 1. The number of nitrogens with one attached hydrogen (secondary N) is 1. The first-order chi connectivity index (χ1) is 9.21. The van der Waals surface area contributed by atoms with E-state index in [0.717, 1.165) is 22.9 Å². The minimum Gasteiger partial charge on any atom is -0.496 e. The molecule has 0 spiro atoms. The lowest BCUT2D eigenvalue weighted by atomic mass is 10.1. The van der Waals surface area contributed by atoms with Crippen molar-refractivity contribution in [3.63, 3.8) is 0 Å². The van der Waals surface area contributed by atoms with Crippen LogP contribution in [0.15, 0.2) is 24.4 Å². The Morgan fingerprint density at radius 2 is 2.21 bits per heavy atom. The molecule has 0 amide bonds. The van der Waals surface area contributed by atoms with Crippen molar-refractivity contribution in [3.8, 4) is 5.75 Å². The van der Waals surface area contributed by atoms with Crippen LogP contribution in [0.5, 0.6) is 5.75 Å². The van der Waals surface area contributed by atoms with Gasteiger partial charge in [0.25, 0.3) is 0 Å². The van der Waals surface area contributed by atoms with Gasteiger partial charge in [0.15, 0.2) is 0 Å². The zero-order chi connectivity index (χ0) is 13.8. The summed E-state index contributed by atoms with van der Waals surface area (Å²) in [6, 6.07) is 5.47. The molecule has 0 aliphatic rings. The van der Waals surface area contributed by atoms with Gasteiger partial charge in [-0.1, -0.05) is 6.92 Å². The fraction of sp³-hybridized carbons (Fsp3) is 0.357. The van der Waals surface area contributed by atoms with E-state index in [0.29, 0.717) is 11.5 Å². The number of pyridine rings is 1. The third kappa shape index (κ3) is 2.56. The largest absolute Gasteiger partial charge is 0.496 e. The first kappa shape index (κ1) is 13.4. The van der Waals surface area contributed by atoms with Crippen molar-refractivity contribution in [1.82, 2.24) is 4.98 Å². The second-order valence-corrected chi connectivity index (χ2v) is 4.37. The van der Waals surface area contributed by atoms with Gasteiger partial charge in [-0.2, -0.15) is 0 Å². The molecule has 0 bridgehead atoms. The molecule has 2 aromatic rings. The topological polar surface area (TPSA) is 80.4 Å². The van der Waals surface area contributed by atoms with Crippen LogP contribution in [0.4, 0.5) is 11.5 Å². The molecule has 1 aromatic carbocycles. The summed E-state index contributed by atoms with van der Waals surface area (Å²) in [4.78, 5) is 4.32. The van der Waals surface area contributed by atoms with Gasteiger partial charge < -0.3 is 20.9 Å². The van der Waals surface area contributed by atoms with E-state index >= 15 is 0 Å². The van der Waals surface area contributed by atoms with Crippen LogP contribution in [0.25, 0.3) is 10.8 Å². The molecule has 0 saturated carbocycles. The molecule has 1 heterocycles. The highest BCUT2D eigenvalue weighted by Crippen LogP contribution is 2.34. The van der Waals surface area contributed by atoms with Crippen molar-refractivity contribution in [3.05, 3.63) is 24.4 Å². The quantitative estimate of drug-likeness (QED) is 0.717. The molecule has 0 saturated heterocycles. The summed E-state index contributed by atoms with van der Waals surface area (Å²) < 4.78 is 5.33. The van der Waals surface area contributed by atoms with Crippen molar-refractivity contribution in [2.24, 2.45) is 0 Å². The van der Waals surface area contributed by atoms with Crippen LogP contribution in [-0.2, 0) is 0 Å². The van der Waals surface area contributed by atoms with Crippen LogP contribution in [0.2, 0.25) is 0 Å². The van der Waals surface area contributed by atoms with E-state index in [2.05, 4.69) is 10.3 Å². The van der Waals surface area contributed by atoms with Gasteiger partial charge in [-0.05, 0) is 24.6 Å². The predicted molar refractivity (Wildman–Crippen MR) is 77.5 cm³/mol. The second kappa shape index (κ2) is 5.75. The Morgan fingerprint density at radius 3 is 2.84 bits per heavy atom. The van der Waals surface area contributed by atoms with Gasteiger partial charge in [-0.3, -0.25) is 0 Å². The molecule has 102 valence electrons. The number of benzene rings is 1. The van der Waals surface area contributed by atoms with Gasteiger partial charge in [0.1, 0.15) is 11.6 Å². The fourth-order valence-electron chi connectivity index (χ4n) is 2.06. The normalized spacial score (nSPS) is 12.4. The second-order valence-electron chi connectivity index (χ2n) is 4.37. The number of aromatic nitrogens is 1. The van der Waals surface area contributed by atoms with E-state index in [4.69, 9.17) is 10.5 Å². The fourth-order valence-corrected chi connectivity index (χ4v) is 2.06. The third-order valence-corrected chi connectivity index (χ3v) is 3.19. The lowest BCUT2D eigenvalue weighted by Gasteiger charge is -2.17. The van der Waals surface area contributed by atoms with Crippen LogP contribution >= 0.6 is 0 Å². The summed E-state index contributed by atoms with van der Waals surface area (Å²) >= 11 is 0. The molecule has 5 heteroatoms. The summed E-state index contributed by atoms with van der Waals surface area (Å²) in [7, 11) is 1.63. The van der Waals surface area contributed by atoms with Crippen LogP contribution in [0, 0.1) is 0 Å². The molecule has 0 aliphatic carbocycles. The average molecular weight is 261 g/mol.